The topological polar surface area (TPSA) is 76.1 Å². The van der Waals surface area contributed by atoms with E-state index in [2.05, 4.69) is 34.7 Å². The maximum atomic E-state index is 12.6. The van der Waals surface area contributed by atoms with Crippen LogP contribution < -0.4 is 15.4 Å². The lowest BCUT2D eigenvalue weighted by Gasteiger charge is -2.35. The van der Waals surface area contributed by atoms with Crippen LogP contribution in [0.2, 0.25) is 0 Å². The molecule has 4 atom stereocenters. The van der Waals surface area contributed by atoms with E-state index in [1.807, 2.05) is 31.2 Å². The number of benzene rings is 1. The molecule has 0 bridgehead atoms. The van der Waals surface area contributed by atoms with Crippen molar-refractivity contribution >= 4 is 39.8 Å². The lowest BCUT2D eigenvalue weighted by molar-refractivity contribution is -0.121. The summed E-state index contributed by atoms with van der Waals surface area (Å²) in [5.74, 6) is 2.04. The van der Waals surface area contributed by atoms with Gasteiger partial charge in [0.15, 0.2) is 4.34 Å². The van der Waals surface area contributed by atoms with E-state index in [-0.39, 0.29) is 17.2 Å². The Morgan fingerprint density at radius 3 is 2.93 bits per heavy atom. The molecule has 2 aromatic rings. The highest BCUT2D eigenvalue weighted by Gasteiger charge is 2.29. The summed E-state index contributed by atoms with van der Waals surface area (Å²) in [6.45, 7) is 6.45. The van der Waals surface area contributed by atoms with Gasteiger partial charge in [0.25, 0.3) is 0 Å². The van der Waals surface area contributed by atoms with Crippen molar-refractivity contribution in [1.82, 2.24) is 15.5 Å². The zero-order valence-corrected chi connectivity index (χ0v) is 18.4. The van der Waals surface area contributed by atoms with E-state index < -0.39 is 0 Å². The highest BCUT2D eigenvalue weighted by atomic mass is 32.2. The first-order valence-electron chi connectivity index (χ1n) is 9.68. The Hall–Kier alpha value is -1.80. The van der Waals surface area contributed by atoms with Crippen molar-refractivity contribution < 1.29 is 9.53 Å². The number of amides is 1. The number of nitrogens with one attached hydrogen (secondary N) is 2. The Kier molecular flexibility index (Phi) is 7.18. The molecule has 0 spiro atoms. The molecule has 152 valence electrons. The van der Waals surface area contributed by atoms with Gasteiger partial charge < -0.3 is 15.4 Å². The molecule has 1 amide bonds. The van der Waals surface area contributed by atoms with Gasteiger partial charge in [-0.2, -0.15) is 0 Å². The molecule has 1 saturated carbocycles. The molecular formula is C20H28N4O2S2. The molecule has 6 nitrogen and oxygen atoms in total. The highest BCUT2D eigenvalue weighted by Crippen LogP contribution is 2.32. The third-order valence-electron chi connectivity index (χ3n) is 5.41. The fraction of sp³-hybridized carbons (Fsp3) is 0.550. The quantitative estimate of drug-likeness (QED) is 0.632. The van der Waals surface area contributed by atoms with Crippen molar-refractivity contribution in [2.24, 2.45) is 11.8 Å². The summed E-state index contributed by atoms with van der Waals surface area (Å²) in [7, 11) is 1.64. The van der Waals surface area contributed by atoms with Crippen molar-refractivity contribution in [3.63, 3.8) is 0 Å². The van der Waals surface area contributed by atoms with Gasteiger partial charge in [-0.25, -0.2) is 0 Å². The van der Waals surface area contributed by atoms with Gasteiger partial charge in [0.1, 0.15) is 5.75 Å². The van der Waals surface area contributed by atoms with Crippen LogP contribution in [0.1, 0.15) is 40.0 Å². The van der Waals surface area contributed by atoms with E-state index in [0.717, 1.165) is 22.2 Å². The summed E-state index contributed by atoms with van der Waals surface area (Å²) in [6, 6.07) is 7.92. The van der Waals surface area contributed by atoms with Crippen LogP contribution in [0.4, 0.5) is 10.8 Å². The smallest absolute Gasteiger partial charge is 0.233 e. The number of carbonyl (C=O) groups excluding carboxylic acids is 1. The lowest BCUT2D eigenvalue weighted by Crippen LogP contribution is -2.46. The van der Waals surface area contributed by atoms with E-state index in [0.29, 0.717) is 17.0 Å². The van der Waals surface area contributed by atoms with Gasteiger partial charge in [0, 0.05) is 17.8 Å². The Morgan fingerprint density at radius 1 is 1.32 bits per heavy atom. The minimum atomic E-state index is -0.206. The van der Waals surface area contributed by atoms with E-state index in [1.165, 1.54) is 35.9 Å². The maximum absolute atomic E-state index is 12.6. The Balaban J connectivity index is 1.54. The van der Waals surface area contributed by atoms with Crippen molar-refractivity contribution in [3.05, 3.63) is 24.3 Å². The van der Waals surface area contributed by atoms with Crippen LogP contribution in [0.3, 0.4) is 0 Å². The molecule has 2 N–H and O–H groups in total. The van der Waals surface area contributed by atoms with Crippen LogP contribution in [0.25, 0.3) is 0 Å². The van der Waals surface area contributed by atoms with Crippen LogP contribution in [-0.2, 0) is 4.79 Å². The van der Waals surface area contributed by atoms with Crippen LogP contribution >= 0.6 is 23.1 Å². The molecule has 1 heterocycles. The Morgan fingerprint density at radius 2 is 2.14 bits per heavy atom. The molecule has 1 fully saturated rings. The number of rotatable bonds is 7. The number of anilines is 2. The summed E-state index contributed by atoms with van der Waals surface area (Å²) >= 11 is 2.89. The number of nitrogens with zero attached hydrogens (tertiary/aromatic N) is 2. The SMILES string of the molecule is COc1cccc(Nc2nnc(S[C@H](C)C(=O)N[C@@H]3CCC[C@H](C)[C@@H]3C)s2)c1. The first-order valence-corrected chi connectivity index (χ1v) is 11.4. The van der Waals surface area contributed by atoms with Crippen LogP contribution in [0.5, 0.6) is 5.75 Å². The first-order chi connectivity index (χ1) is 13.5. The molecule has 3 rings (SSSR count). The zero-order chi connectivity index (χ0) is 20.1. The first kappa shape index (κ1) is 20.9. The predicted molar refractivity (Wildman–Crippen MR) is 116 cm³/mol. The minimum Gasteiger partial charge on any atom is -0.497 e. The summed E-state index contributed by atoms with van der Waals surface area (Å²) in [5, 5.41) is 15.4. The van der Waals surface area contributed by atoms with Gasteiger partial charge in [-0.3, -0.25) is 4.79 Å². The molecule has 0 aliphatic heterocycles. The molecule has 1 aliphatic carbocycles. The van der Waals surface area contributed by atoms with E-state index >= 15 is 0 Å². The molecule has 0 unspecified atom stereocenters. The van der Waals surface area contributed by atoms with Crippen LogP contribution in [0, 0.1) is 11.8 Å². The highest BCUT2D eigenvalue weighted by molar-refractivity contribution is 8.02. The van der Waals surface area contributed by atoms with E-state index in [4.69, 9.17) is 4.74 Å². The third kappa shape index (κ3) is 5.38. The second-order valence-electron chi connectivity index (χ2n) is 7.37. The second kappa shape index (κ2) is 9.60. The van der Waals surface area contributed by atoms with Crippen LogP contribution in [0.15, 0.2) is 28.6 Å². The number of methoxy groups -OCH3 is 1. The Labute approximate surface area is 174 Å². The number of ether oxygens (including phenoxy) is 1. The molecule has 0 saturated heterocycles. The van der Waals surface area contributed by atoms with Crippen molar-refractivity contribution in [1.29, 1.82) is 0 Å². The number of hydrogen-bond donors (Lipinski definition) is 2. The lowest BCUT2D eigenvalue weighted by atomic mass is 9.78. The second-order valence-corrected chi connectivity index (χ2v) is 9.94. The normalized spacial score (nSPS) is 23.1. The molecule has 28 heavy (non-hydrogen) atoms. The summed E-state index contributed by atoms with van der Waals surface area (Å²) < 4.78 is 6.01. The molecule has 1 aromatic carbocycles. The minimum absolute atomic E-state index is 0.0773. The number of aromatic nitrogens is 2. The third-order valence-corrected chi connectivity index (χ3v) is 7.43. The van der Waals surface area contributed by atoms with Gasteiger partial charge in [0.2, 0.25) is 11.0 Å². The molecule has 0 radical (unpaired) electrons. The largest absolute Gasteiger partial charge is 0.497 e. The Bertz CT molecular complexity index is 798. The van der Waals surface area contributed by atoms with Gasteiger partial charge in [0.05, 0.1) is 12.4 Å². The fourth-order valence-electron chi connectivity index (χ4n) is 3.42. The molecular weight excluding hydrogens is 392 g/mol. The average molecular weight is 421 g/mol. The summed E-state index contributed by atoms with van der Waals surface area (Å²) in [5.41, 5.74) is 0.887. The predicted octanol–water partition coefficient (Wildman–Crippen LogP) is 4.71. The fourth-order valence-corrected chi connectivity index (χ4v) is 5.35. The van der Waals surface area contributed by atoms with Gasteiger partial charge in [-0.15, -0.1) is 10.2 Å². The zero-order valence-electron chi connectivity index (χ0n) is 16.8. The van der Waals surface area contributed by atoms with Crippen molar-refractivity contribution in [2.75, 3.05) is 12.4 Å². The van der Waals surface area contributed by atoms with Gasteiger partial charge in [-0.05, 0) is 37.3 Å². The standard InChI is InChI=1S/C20H28N4O2S2/c1-12-7-5-10-17(13(12)2)22-18(25)14(3)27-20-24-23-19(28-20)21-15-8-6-9-16(11-15)26-4/h6,8-9,11-14,17H,5,7,10H2,1-4H3,(H,21,23)(H,22,25)/t12-,13-,14+,17+/m0/s1. The van der Waals surface area contributed by atoms with Gasteiger partial charge in [-0.1, -0.05) is 55.9 Å². The molecule has 1 aliphatic rings. The van der Waals surface area contributed by atoms with E-state index in [9.17, 15) is 4.79 Å². The van der Waals surface area contributed by atoms with Gasteiger partial charge >= 0.3 is 0 Å². The van der Waals surface area contributed by atoms with Crippen LogP contribution in [-0.4, -0.2) is 34.5 Å². The number of carbonyl (C=O) groups is 1. The maximum Gasteiger partial charge on any atom is 0.233 e. The molecule has 1 aromatic heterocycles. The summed E-state index contributed by atoms with van der Waals surface area (Å²) in [6.07, 6.45) is 3.52. The number of hydrogen-bond acceptors (Lipinski definition) is 7. The number of thioether (sulfide) groups is 1. The van der Waals surface area contributed by atoms with Crippen molar-refractivity contribution in [3.8, 4) is 5.75 Å². The van der Waals surface area contributed by atoms with E-state index in [1.54, 1.807) is 7.11 Å². The molecule has 8 heteroatoms. The monoisotopic (exact) mass is 420 g/mol. The average Bonchev–Trinajstić information content (AvgIpc) is 3.12. The summed E-state index contributed by atoms with van der Waals surface area (Å²) in [4.78, 5) is 12.6. The van der Waals surface area contributed by atoms with Crippen molar-refractivity contribution in [2.45, 2.75) is 55.7 Å².